The lowest BCUT2D eigenvalue weighted by Crippen LogP contribution is -2.12. The molecule has 0 aliphatic heterocycles. The lowest BCUT2D eigenvalue weighted by Gasteiger charge is -2.07. The molecule has 134 valence electrons. The number of aromatic nitrogens is 1. The first-order valence-corrected chi connectivity index (χ1v) is 10.0. The van der Waals surface area contributed by atoms with Crippen molar-refractivity contribution < 1.29 is 9.21 Å². The highest BCUT2D eigenvalue weighted by Gasteiger charge is 2.10. The molecule has 4 nitrogen and oxygen atoms in total. The zero-order valence-corrected chi connectivity index (χ0v) is 17.0. The summed E-state index contributed by atoms with van der Waals surface area (Å²) in [5, 5.41) is 2.94. The monoisotopic (exact) mass is 430 g/mol. The third-order valence-corrected chi connectivity index (χ3v) is 5.87. The predicted molar refractivity (Wildman–Crippen MR) is 110 cm³/mol. The highest BCUT2D eigenvalue weighted by Crippen LogP contribution is 2.28. The van der Waals surface area contributed by atoms with Gasteiger partial charge in [0.15, 0.2) is 0 Å². The van der Waals surface area contributed by atoms with E-state index in [1.165, 1.54) is 0 Å². The van der Waals surface area contributed by atoms with Gasteiger partial charge >= 0.3 is 0 Å². The van der Waals surface area contributed by atoms with Gasteiger partial charge in [-0.15, -0.1) is 11.8 Å². The Balaban J connectivity index is 1.57. The third-order valence-electron chi connectivity index (χ3n) is 3.85. The van der Waals surface area contributed by atoms with Crippen LogP contribution in [0.3, 0.4) is 0 Å². The van der Waals surface area contributed by atoms with E-state index in [1.54, 1.807) is 11.8 Å². The maximum absolute atomic E-state index is 12.2. The second-order valence-corrected chi connectivity index (χ2v) is 7.81. The molecule has 26 heavy (non-hydrogen) atoms. The molecule has 0 atom stereocenters. The number of halogens is 1. The molecular weight excluding hydrogens is 412 g/mol. The van der Waals surface area contributed by atoms with E-state index in [0.29, 0.717) is 18.1 Å². The summed E-state index contributed by atoms with van der Waals surface area (Å²) >= 11 is 5.18. The Morgan fingerprint density at radius 1 is 1.19 bits per heavy atom. The number of oxazole rings is 1. The summed E-state index contributed by atoms with van der Waals surface area (Å²) in [5.41, 5.74) is 2.46. The van der Waals surface area contributed by atoms with Crippen molar-refractivity contribution in [2.24, 2.45) is 0 Å². The van der Waals surface area contributed by atoms with E-state index in [0.717, 1.165) is 32.1 Å². The number of hydrogen-bond donors (Lipinski definition) is 1. The van der Waals surface area contributed by atoms with E-state index in [9.17, 15) is 4.79 Å². The summed E-state index contributed by atoms with van der Waals surface area (Å²) in [6, 6.07) is 15.6. The Bertz CT molecular complexity index is 904. The van der Waals surface area contributed by atoms with E-state index >= 15 is 0 Å². The summed E-state index contributed by atoms with van der Waals surface area (Å²) < 4.78 is 6.70. The molecule has 0 unspecified atom stereocenters. The van der Waals surface area contributed by atoms with Crippen molar-refractivity contribution in [3.63, 3.8) is 0 Å². The molecule has 0 saturated carbocycles. The maximum Gasteiger partial charge on any atom is 0.226 e. The minimum absolute atomic E-state index is 0.0125. The van der Waals surface area contributed by atoms with Gasteiger partial charge in [-0.05, 0) is 60.1 Å². The molecule has 3 aromatic rings. The van der Waals surface area contributed by atoms with Crippen molar-refractivity contribution in [1.29, 1.82) is 0 Å². The van der Waals surface area contributed by atoms with Crippen LogP contribution in [0.2, 0.25) is 0 Å². The fourth-order valence-corrected chi connectivity index (χ4v) is 3.88. The van der Waals surface area contributed by atoms with Gasteiger partial charge in [-0.25, -0.2) is 4.98 Å². The number of carbonyl (C=O) groups is 1. The summed E-state index contributed by atoms with van der Waals surface area (Å²) in [7, 11) is 0. The summed E-state index contributed by atoms with van der Waals surface area (Å²) in [4.78, 5) is 17.8. The van der Waals surface area contributed by atoms with Crippen molar-refractivity contribution in [3.05, 3.63) is 64.5 Å². The number of benzene rings is 2. The van der Waals surface area contributed by atoms with Gasteiger partial charge in [0, 0.05) is 32.8 Å². The molecule has 1 N–H and O–H groups in total. The molecule has 6 heteroatoms. The van der Waals surface area contributed by atoms with Crippen LogP contribution < -0.4 is 5.32 Å². The molecule has 0 bridgehead atoms. The molecule has 1 aromatic heterocycles. The highest BCUT2D eigenvalue weighted by molar-refractivity contribution is 9.10. The zero-order chi connectivity index (χ0) is 18.5. The topological polar surface area (TPSA) is 55.1 Å². The molecule has 0 fully saturated rings. The van der Waals surface area contributed by atoms with Crippen molar-refractivity contribution in [3.8, 4) is 11.5 Å². The van der Waals surface area contributed by atoms with Crippen LogP contribution in [-0.4, -0.2) is 16.6 Å². The Morgan fingerprint density at radius 3 is 2.73 bits per heavy atom. The number of nitrogens with one attached hydrogen (secondary N) is 1. The van der Waals surface area contributed by atoms with E-state index in [-0.39, 0.29) is 5.91 Å². The fraction of sp³-hybridized carbons (Fsp3) is 0.200. The van der Waals surface area contributed by atoms with Gasteiger partial charge < -0.3 is 9.73 Å². The van der Waals surface area contributed by atoms with E-state index < -0.39 is 0 Å². The average molecular weight is 431 g/mol. The maximum atomic E-state index is 12.2. The molecule has 2 aromatic carbocycles. The van der Waals surface area contributed by atoms with Crippen molar-refractivity contribution in [1.82, 2.24) is 4.98 Å². The van der Waals surface area contributed by atoms with Gasteiger partial charge in [-0.2, -0.15) is 0 Å². The molecule has 0 spiro atoms. The first kappa shape index (κ1) is 18.7. The Kier molecular flexibility index (Phi) is 6.16. The van der Waals surface area contributed by atoms with Crippen LogP contribution in [0.25, 0.3) is 11.5 Å². The first-order chi connectivity index (χ1) is 12.5. The number of hydrogen-bond acceptors (Lipinski definition) is 4. The molecule has 0 radical (unpaired) electrons. The Labute approximate surface area is 165 Å². The van der Waals surface area contributed by atoms with Gasteiger partial charge in [0.05, 0.1) is 5.69 Å². The Morgan fingerprint density at radius 2 is 2.00 bits per heavy atom. The quantitative estimate of drug-likeness (QED) is 0.498. The van der Waals surface area contributed by atoms with Crippen molar-refractivity contribution >= 4 is 39.3 Å². The van der Waals surface area contributed by atoms with Crippen LogP contribution in [0.4, 0.5) is 5.69 Å². The van der Waals surface area contributed by atoms with Crippen LogP contribution in [0.1, 0.15) is 17.9 Å². The molecule has 1 amide bonds. The number of amides is 1. The fourth-order valence-electron chi connectivity index (χ4n) is 2.37. The van der Waals surface area contributed by atoms with Crippen LogP contribution in [0, 0.1) is 13.8 Å². The van der Waals surface area contributed by atoms with Gasteiger partial charge in [-0.1, -0.05) is 18.2 Å². The van der Waals surface area contributed by atoms with E-state index in [4.69, 9.17) is 4.42 Å². The van der Waals surface area contributed by atoms with Gasteiger partial charge in [-0.3, -0.25) is 4.79 Å². The van der Waals surface area contributed by atoms with Crippen LogP contribution in [0.15, 0.2) is 62.3 Å². The lowest BCUT2D eigenvalue weighted by molar-refractivity contribution is -0.115. The number of thioether (sulfide) groups is 1. The van der Waals surface area contributed by atoms with Gasteiger partial charge in [0.2, 0.25) is 11.8 Å². The molecule has 0 saturated heterocycles. The van der Waals surface area contributed by atoms with Crippen molar-refractivity contribution in [2.75, 3.05) is 11.1 Å². The molecule has 0 aliphatic carbocycles. The molecular formula is C20H19BrN2O2S. The van der Waals surface area contributed by atoms with Crippen LogP contribution in [-0.2, 0) is 4.79 Å². The average Bonchev–Trinajstić information content (AvgIpc) is 2.96. The number of nitrogens with zero attached hydrogens (tertiary/aromatic N) is 1. The summed E-state index contributed by atoms with van der Waals surface area (Å²) in [6.45, 7) is 3.80. The molecule has 1 heterocycles. The number of aryl methyl sites for hydroxylation is 2. The Hall–Kier alpha value is -2.05. The van der Waals surface area contributed by atoms with Crippen LogP contribution >= 0.6 is 27.7 Å². The van der Waals surface area contributed by atoms with Gasteiger partial charge in [0.1, 0.15) is 5.76 Å². The molecule has 3 rings (SSSR count). The number of rotatable bonds is 6. The zero-order valence-electron chi connectivity index (χ0n) is 14.6. The summed E-state index contributed by atoms with van der Waals surface area (Å²) in [5.74, 6) is 2.08. The highest BCUT2D eigenvalue weighted by atomic mass is 79.9. The van der Waals surface area contributed by atoms with E-state index in [1.807, 2.05) is 62.4 Å². The minimum atomic E-state index is -0.0125. The SMILES string of the molecule is Cc1nc(-c2cccc(NC(=O)CCSc3ccccc3Br)c2)oc1C. The first-order valence-electron chi connectivity index (χ1n) is 8.24. The minimum Gasteiger partial charge on any atom is -0.441 e. The predicted octanol–water partition coefficient (Wildman–Crippen LogP) is 5.84. The number of anilines is 1. The second-order valence-electron chi connectivity index (χ2n) is 5.82. The normalized spacial score (nSPS) is 10.7. The van der Waals surface area contributed by atoms with Crippen LogP contribution in [0.5, 0.6) is 0 Å². The lowest BCUT2D eigenvalue weighted by atomic mass is 10.2. The largest absolute Gasteiger partial charge is 0.441 e. The third kappa shape index (κ3) is 4.77. The standard InChI is InChI=1S/C20H19BrN2O2S/c1-13-14(2)25-20(22-13)15-6-5-7-16(12-15)23-19(24)10-11-26-18-9-4-3-8-17(18)21/h3-9,12H,10-11H2,1-2H3,(H,23,24). The van der Waals surface area contributed by atoms with Crippen molar-refractivity contribution in [2.45, 2.75) is 25.2 Å². The van der Waals surface area contributed by atoms with E-state index in [2.05, 4.69) is 26.2 Å². The second kappa shape index (κ2) is 8.56. The number of carbonyl (C=O) groups excluding carboxylic acids is 1. The smallest absolute Gasteiger partial charge is 0.226 e. The van der Waals surface area contributed by atoms with Gasteiger partial charge in [0.25, 0.3) is 0 Å². The summed E-state index contributed by atoms with van der Waals surface area (Å²) in [6.07, 6.45) is 0.438. The molecule has 0 aliphatic rings.